The van der Waals surface area contributed by atoms with Crippen LogP contribution in [0.1, 0.15) is 25.0 Å². The molecule has 0 bridgehead atoms. The maximum atomic E-state index is 5.20. The molecule has 3 nitrogen and oxygen atoms in total. The number of fused-ring (bicyclic) bond motifs is 1. The third kappa shape index (κ3) is 3.03. The van der Waals surface area contributed by atoms with Crippen molar-refractivity contribution in [2.45, 2.75) is 32.9 Å². The number of anilines is 1. The van der Waals surface area contributed by atoms with Crippen LogP contribution in [-0.4, -0.2) is 37.7 Å². The summed E-state index contributed by atoms with van der Waals surface area (Å²) in [6.45, 7) is 8.33. The average Bonchev–Trinajstić information content (AvgIpc) is 2.83. The van der Waals surface area contributed by atoms with Crippen LogP contribution in [-0.2, 0) is 17.7 Å². The smallest absolute Gasteiger partial charge is 0.0589 e. The van der Waals surface area contributed by atoms with Crippen LogP contribution in [0.4, 0.5) is 5.69 Å². The summed E-state index contributed by atoms with van der Waals surface area (Å²) in [4.78, 5) is 2.46. The molecule has 0 amide bonds. The molecule has 0 spiro atoms. The van der Waals surface area contributed by atoms with Gasteiger partial charge in [0, 0.05) is 38.5 Å². The Kier molecular flexibility index (Phi) is 4.61. The lowest BCUT2D eigenvalue weighted by Gasteiger charge is -2.27. The molecule has 0 fully saturated rings. The molecule has 0 saturated heterocycles. The molecule has 3 heteroatoms. The fourth-order valence-corrected chi connectivity index (χ4v) is 2.49. The van der Waals surface area contributed by atoms with Crippen LogP contribution >= 0.6 is 0 Å². The third-order valence-corrected chi connectivity index (χ3v) is 3.62. The van der Waals surface area contributed by atoms with Gasteiger partial charge in [0.25, 0.3) is 0 Å². The third-order valence-electron chi connectivity index (χ3n) is 3.62. The molecule has 0 radical (unpaired) electrons. The van der Waals surface area contributed by atoms with Crippen molar-refractivity contribution in [3.63, 3.8) is 0 Å². The van der Waals surface area contributed by atoms with E-state index in [1.54, 1.807) is 7.11 Å². The van der Waals surface area contributed by atoms with Crippen LogP contribution in [0.3, 0.4) is 0 Å². The number of nitrogens with zero attached hydrogens (tertiary/aromatic N) is 1. The van der Waals surface area contributed by atoms with E-state index in [0.717, 1.165) is 32.7 Å². The summed E-state index contributed by atoms with van der Waals surface area (Å²) in [5.74, 6) is 0. The van der Waals surface area contributed by atoms with E-state index < -0.39 is 0 Å². The second kappa shape index (κ2) is 6.21. The van der Waals surface area contributed by atoms with E-state index in [9.17, 15) is 0 Å². The zero-order chi connectivity index (χ0) is 13.0. The first-order chi connectivity index (χ1) is 8.72. The van der Waals surface area contributed by atoms with Gasteiger partial charge in [0.15, 0.2) is 0 Å². The standard InChI is InChI=1S/C15H24N2O/c1-12(2)17(9-10-18-3)11-14-6-4-5-13-7-8-16-15(13)14/h4-6,12,16H,7-11H2,1-3H3. The highest BCUT2D eigenvalue weighted by molar-refractivity contribution is 5.61. The Hall–Kier alpha value is -1.06. The Morgan fingerprint density at radius 1 is 1.39 bits per heavy atom. The summed E-state index contributed by atoms with van der Waals surface area (Å²) in [7, 11) is 1.76. The topological polar surface area (TPSA) is 24.5 Å². The van der Waals surface area contributed by atoms with Gasteiger partial charge in [-0.05, 0) is 31.4 Å². The maximum Gasteiger partial charge on any atom is 0.0589 e. The van der Waals surface area contributed by atoms with Gasteiger partial charge in [-0.15, -0.1) is 0 Å². The van der Waals surface area contributed by atoms with Crippen molar-refractivity contribution in [3.05, 3.63) is 29.3 Å². The molecule has 1 N–H and O–H groups in total. The van der Waals surface area contributed by atoms with E-state index in [-0.39, 0.29) is 0 Å². The molecule has 0 aromatic heterocycles. The Morgan fingerprint density at radius 3 is 2.94 bits per heavy atom. The van der Waals surface area contributed by atoms with Crippen molar-refractivity contribution < 1.29 is 4.74 Å². The van der Waals surface area contributed by atoms with E-state index in [0.29, 0.717) is 6.04 Å². The molecule has 18 heavy (non-hydrogen) atoms. The summed E-state index contributed by atoms with van der Waals surface area (Å²) >= 11 is 0. The Labute approximate surface area is 110 Å². The van der Waals surface area contributed by atoms with Gasteiger partial charge in [0.05, 0.1) is 6.61 Å². The fraction of sp³-hybridized carbons (Fsp3) is 0.600. The SMILES string of the molecule is COCCN(Cc1cccc2c1NCC2)C(C)C. The lowest BCUT2D eigenvalue weighted by atomic mass is 10.1. The van der Waals surface area contributed by atoms with Crippen LogP contribution in [0.15, 0.2) is 18.2 Å². The molecule has 1 heterocycles. The van der Waals surface area contributed by atoms with Crippen molar-refractivity contribution in [2.24, 2.45) is 0 Å². The first kappa shape index (κ1) is 13.4. The number of rotatable bonds is 6. The lowest BCUT2D eigenvalue weighted by molar-refractivity contribution is 0.125. The minimum atomic E-state index is 0.539. The van der Waals surface area contributed by atoms with Gasteiger partial charge >= 0.3 is 0 Å². The van der Waals surface area contributed by atoms with E-state index in [1.165, 1.54) is 16.8 Å². The largest absolute Gasteiger partial charge is 0.384 e. The van der Waals surface area contributed by atoms with E-state index in [1.807, 2.05) is 0 Å². The zero-order valence-electron chi connectivity index (χ0n) is 11.7. The Balaban J connectivity index is 2.09. The van der Waals surface area contributed by atoms with Gasteiger partial charge in [-0.1, -0.05) is 18.2 Å². The number of para-hydroxylation sites is 1. The van der Waals surface area contributed by atoms with Gasteiger partial charge in [0.2, 0.25) is 0 Å². The van der Waals surface area contributed by atoms with Gasteiger partial charge < -0.3 is 10.1 Å². The Bertz CT molecular complexity index is 390. The van der Waals surface area contributed by atoms with Crippen LogP contribution < -0.4 is 5.32 Å². The average molecular weight is 248 g/mol. The lowest BCUT2D eigenvalue weighted by Crippen LogP contribution is -2.33. The second-order valence-corrected chi connectivity index (χ2v) is 5.19. The van der Waals surface area contributed by atoms with Gasteiger partial charge in [-0.25, -0.2) is 0 Å². The first-order valence-electron chi connectivity index (χ1n) is 6.80. The molecule has 1 aromatic rings. The van der Waals surface area contributed by atoms with Gasteiger partial charge in [-0.2, -0.15) is 0 Å². The highest BCUT2D eigenvalue weighted by Crippen LogP contribution is 2.27. The molecule has 1 aliphatic rings. The highest BCUT2D eigenvalue weighted by atomic mass is 16.5. The molecule has 2 rings (SSSR count). The summed E-state index contributed by atoms with van der Waals surface area (Å²) in [5, 5.41) is 3.51. The monoisotopic (exact) mass is 248 g/mol. The van der Waals surface area contributed by atoms with Crippen LogP contribution in [0, 0.1) is 0 Å². The molecule has 1 aliphatic heterocycles. The van der Waals surface area contributed by atoms with Gasteiger partial charge in [0.1, 0.15) is 0 Å². The molecule has 0 saturated carbocycles. The van der Waals surface area contributed by atoms with Gasteiger partial charge in [-0.3, -0.25) is 4.90 Å². The second-order valence-electron chi connectivity index (χ2n) is 5.19. The fourth-order valence-electron chi connectivity index (χ4n) is 2.49. The van der Waals surface area contributed by atoms with Crippen molar-refractivity contribution in [1.29, 1.82) is 0 Å². The quantitative estimate of drug-likeness (QED) is 0.837. The minimum Gasteiger partial charge on any atom is -0.384 e. The van der Waals surface area contributed by atoms with Crippen molar-refractivity contribution in [3.8, 4) is 0 Å². The van der Waals surface area contributed by atoms with Crippen molar-refractivity contribution in [1.82, 2.24) is 4.90 Å². The number of nitrogens with one attached hydrogen (secondary N) is 1. The number of ether oxygens (including phenoxy) is 1. The predicted octanol–water partition coefficient (Wildman–Crippen LogP) is 2.51. The molecule has 100 valence electrons. The van der Waals surface area contributed by atoms with E-state index in [2.05, 4.69) is 42.3 Å². The summed E-state index contributed by atoms with van der Waals surface area (Å²) in [6.07, 6.45) is 1.16. The number of methoxy groups -OCH3 is 1. The normalized spacial score (nSPS) is 14.1. The minimum absolute atomic E-state index is 0.539. The number of hydrogen-bond acceptors (Lipinski definition) is 3. The summed E-state index contributed by atoms with van der Waals surface area (Å²) in [5.41, 5.74) is 4.23. The molecule has 0 aliphatic carbocycles. The predicted molar refractivity (Wildman–Crippen MR) is 76.1 cm³/mol. The van der Waals surface area contributed by atoms with Crippen molar-refractivity contribution >= 4 is 5.69 Å². The number of benzene rings is 1. The summed E-state index contributed by atoms with van der Waals surface area (Å²) in [6, 6.07) is 7.18. The van der Waals surface area contributed by atoms with Crippen LogP contribution in [0.5, 0.6) is 0 Å². The van der Waals surface area contributed by atoms with Crippen LogP contribution in [0.25, 0.3) is 0 Å². The first-order valence-corrected chi connectivity index (χ1v) is 6.80. The molecule has 0 unspecified atom stereocenters. The zero-order valence-corrected chi connectivity index (χ0v) is 11.7. The number of hydrogen-bond donors (Lipinski definition) is 1. The summed E-state index contributed by atoms with van der Waals surface area (Å²) < 4.78 is 5.20. The molecular weight excluding hydrogens is 224 g/mol. The van der Waals surface area contributed by atoms with E-state index in [4.69, 9.17) is 4.74 Å². The van der Waals surface area contributed by atoms with Crippen LogP contribution in [0.2, 0.25) is 0 Å². The Morgan fingerprint density at radius 2 is 2.22 bits per heavy atom. The van der Waals surface area contributed by atoms with Crippen molar-refractivity contribution in [2.75, 3.05) is 32.1 Å². The molecule has 1 aromatic carbocycles. The molecular formula is C15H24N2O. The van der Waals surface area contributed by atoms with E-state index >= 15 is 0 Å². The maximum absolute atomic E-state index is 5.20. The molecule has 0 atom stereocenters. The highest BCUT2D eigenvalue weighted by Gasteiger charge is 2.17.